The Kier molecular flexibility index (Phi) is 4.64. The third kappa shape index (κ3) is 3.18. The molecule has 0 saturated heterocycles. The van der Waals surface area contributed by atoms with E-state index in [1.165, 1.54) is 16.7 Å². The summed E-state index contributed by atoms with van der Waals surface area (Å²) in [7, 11) is -0.897. The van der Waals surface area contributed by atoms with E-state index >= 15 is 0 Å². The van der Waals surface area contributed by atoms with Gasteiger partial charge in [0.05, 0.1) is 11.4 Å². The van der Waals surface area contributed by atoms with Gasteiger partial charge in [0, 0.05) is 14.1 Å². The number of imidazole rings is 1. The number of nitrogens with zero attached hydrogens (tertiary/aromatic N) is 2. The fourth-order valence-corrected chi connectivity index (χ4v) is 5.34. The molecule has 0 saturated carbocycles. The smallest absolute Gasteiger partial charge is 0.147 e. The van der Waals surface area contributed by atoms with Crippen LogP contribution >= 0.6 is 7.92 Å². The Balaban J connectivity index is 1.95. The van der Waals surface area contributed by atoms with Gasteiger partial charge in [0.15, 0.2) is 0 Å². The zero-order valence-electron chi connectivity index (χ0n) is 14.4. The molecule has 1 heterocycles. The lowest BCUT2D eigenvalue weighted by atomic mass is 10.3. The third-order valence-corrected chi connectivity index (χ3v) is 6.49. The molecule has 4 heteroatoms. The van der Waals surface area contributed by atoms with Gasteiger partial charge in [-0.15, -0.1) is 0 Å². The zero-order chi connectivity index (χ0) is 17.9. The first kappa shape index (κ1) is 16.7. The van der Waals surface area contributed by atoms with Gasteiger partial charge in [0.1, 0.15) is 11.4 Å². The molecule has 0 amide bonds. The van der Waals surface area contributed by atoms with Gasteiger partial charge < -0.3 is 0 Å². The fourth-order valence-electron chi connectivity index (χ4n) is 3.00. The van der Waals surface area contributed by atoms with Crippen molar-refractivity contribution < 1.29 is 4.39 Å². The van der Waals surface area contributed by atoms with Crippen LogP contribution in [-0.4, -0.2) is 9.55 Å². The van der Waals surface area contributed by atoms with E-state index in [0.717, 1.165) is 11.3 Å². The number of aromatic nitrogens is 2. The summed E-state index contributed by atoms with van der Waals surface area (Å²) in [6.07, 6.45) is 1.91. The van der Waals surface area contributed by atoms with Crippen LogP contribution in [0.15, 0.2) is 91.1 Å². The van der Waals surface area contributed by atoms with Crippen molar-refractivity contribution in [2.24, 2.45) is 0 Å². The van der Waals surface area contributed by atoms with Gasteiger partial charge in [0.25, 0.3) is 0 Å². The lowest BCUT2D eigenvalue weighted by Crippen LogP contribution is -2.27. The van der Waals surface area contributed by atoms with Crippen molar-refractivity contribution in [2.45, 2.75) is 6.92 Å². The molecule has 0 bridgehead atoms. The quantitative estimate of drug-likeness (QED) is 0.502. The van der Waals surface area contributed by atoms with Crippen LogP contribution in [0.1, 0.15) is 5.69 Å². The van der Waals surface area contributed by atoms with Crippen LogP contribution in [0.2, 0.25) is 0 Å². The Hall–Kier alpha value is -2.77. The predicted molar refractivity (Wildman–Crippen MR) is 107 cm³/mol. The highest BCUT2D eigenvalue weighted by Gasteiger charge is 2.23. The average molecular weight is 360 g/mol. The standard InChI is InChI=1S/C22H18FN2P/c1-17-16-25(21-15-9-8-14-20(21)23)22(24-17)26(18-10-4-2-5-11-18)19-12-6-3-7-13-19/h2-16H,1H3. The molecule has 2 nitrogen and oxygen atoms in total. The Morgan fingerprint density at radius 1 is 0.769 bits per heavy atom. The van der Waals surface area contributed by atoms with Gasteiger partial charge >= 0.3 is 0 Å². The Morgan fingerprint density at radius 2 is 1.31 bits per heavy atom. The minimum Gasteiger partial charge on any atom is -0.296 e. The van der Waals surface area contributed by atoms with E-state index < -0.39 is 7.92 Å². The van der Waals surface area contributed by atoms with Crippen LogP contribution in [-0.2, 0) is 0 Å². The number of hydrogen-bond acceptors (Lipinski definition) is 1. The first-order valence-electron chi connectivity index (χ1n) is 8.45. The molecule has 0 aliphatic carbocycles. The van der Waals surface area contributed by atoms with Gasteiger partial charge in [0.2, 0.25) is 0 Å². The number of benzene rings is 3. The third-order valence-electron chi connectivity index (χ3n) is 4.15. The largest absolute Gasteiger partial charge is 0.296 e. The molecule has 0 atom stereocenters. The second kappa shape index (κ2) is 7.23. The molecule has 0 fully saturated rings. The SMILES string of the molecule is Cc1cn(-c2ccccc2F)c(P(c2ccccc2)c2ccccc2)n1. The summed E-state index contributed by atoms with van der Waals surface area (Å²) in [6.45, 7) is 1.95. The molecular weight excluding hydrogens is 342 g/mol. The van der Waals surface area contributed by atoms with Crippen LogP contribution in [0.25, 0.3) is 5.69 Å². The summed E-state index contributed by atoms with van der Waals surface area (Å²) in [4.78, 5) is 4.81. The van der Waals surface area contributed by atoms with Crippen molar-refractivity contribution >= 4 is 24.1 Å². The van der Waals surface area contributed by atoms with Gasteiger partial charge in [-0.1, -0.05) is 72.8 Å². The minimum absolute atomic E-state index is 0.248. The minimum atomic E-state index is -0.897. The van der Waals surface area contributed by atoms with Gasteiger partial charge in [-0.05, 0) is 29.7 Å². The second-order valence-corrected chi connectivity index (χ2v) is 8.11. The summed E-state index contributed by atoms with van der Waals surface area (Å²) in [5, 5.41) is 2.38. The molecule has 4 aromatic rings. The lowest BCUT2D eigenvalue weighted by Gasteiger charge is -2.20. The molecule has 0 aliphatic heterocycles. The Labute approximate surface area is 153 Å². The second-order valence-electron chi connectivity index (χ2n) is 6.01. The van der Waals surface area contributed by atoms with Crippen molar-refractivity contribution in [3.8, 4) is 5.69 Å². The molecule has 0 aliphatic rings. The summed E-state index contributed by atoms with van der Waals surface area (Å²) < 4.78 is 16.4. The first-order valence-corrected chi connectivity index (χ1v) is 9.79. The number of halogens is 1. The van der Waals surface area contributed by atoms with Crippen molar-refractivity contribution in [2.75, 3.05) is 0 Å². The van der Waals surface area contributed by atoms with E-state index in [-0.39, 0.29) is 5.82 Å². The number of hydrogen-bond donors (Lipinski definition) is 0. The maximum atomic E-state index is 14.5. The summed E-state index contributed by atoms with van der Waals surface area (Å²) in [5.41, 5.74) is 2.28. The van der Waals surface area contributed by atoms with Gasteiger partial charge in [-0.3, -0.25) is 4.57 Å². The number of aryl methyl sites for hydroxylation is 1. The molecule has 4 rings (SSSR count). The Bertz CT molecular complexity index is 973. The summed E-state index contributed by atoms with van der Waals surface area (Å²) in [5.74, 6) is -0.248. The summed E-state index contributed by atoms with van der Waals surface area (Å²) >= 11 is 0. The normalized spacial score (nSPS) is 11.0. The molecule has 26 heavy (non-hydrogen) atoms. The monoisotopic (exact) mass is 360 g/mol. The van der Waals surface area contributed by atoms with Gasteiger partial charge in [-0.25, -0.2) is 9.37 Å². The van der Waals surface area contributed by atoms with Crippen molar-refractivity contribution in [1.29, 1.82) is 0 Å². The molecule has 1 aromatic heterocycles. The summed E-state index contributed by atoms with van der Waals surface area (Å²) in [6, 6.07) is 27.5. The molecule has 0 unspecified atom stereocenters. The van der Waals surface area contributed by atoms with E-state index in [9.17, 15) is 4.39 Å². The van der Waals surface area contributed by atoms with E-state index in [0.29, 0.717) is 5.69 Å². The van der Waals surface area contributed by atoms with Crippen LogP contribution in [0.3, 0.4) is 0 Å². The van der Waals surface area contributed by atoms with Crippen LogP contribution in [0, 0.1) is 12.7 Å². The van der Waals surface area contributed by atoms with Crippen LogP contribution < -0.4 is 16.2 Å². The van der Waals surface area contributed by atoms with E-state index in [2.05, 4.69) is 24.3 Å². The highest BCUT2D eigenvalue weighted by molar-refractivity contribution is 7.79. The molecule has 3 aromatic carbocycles. The Morgan fingerprint density at radius 3 is 1.88 bits per heavy atom. The van der Waals surface area contributed by atoms with E-state index in [4.69, 9.17) is 4.98 Å². The van der Waals surface area contributed by atoms with E-state index in [1.807, 2.05) is 60.2 Å². The van der Waals surface area contributed by atoms with Crippen molar-refractivity contribution in [3.63, 3.8) is 0 Å². The highest BCUT2D eigenvalue weighted by atomic mass is 31.1. The van der Waals surface area contributed by atoms with Crippen molar-refractivity contribution in [1.82, 2.24) is 9.55 Å². The maximum absolute atomic E-state index is 14.5. The molecule has 0 spiro atoms. The molecule has 0 radical (unpaired) electrons. The maximum Gasteiger partial charge on any atom is 0.147 e. The van der Waals surface area contributed by atoms with E-state index in [1.54, 1.807) is 12.1 Å². The first-order chi connectivity index (χ1) is 12.7. The lowest BCUT2D eigenvalue weighted by molar-refractivity contribution is 0.619. The molecule has 0 N–H and O–H groups in total. The predicted octanol–water partition coefficient (Wildman–Crippen LogP) is 4.08. The topological polar surface area (TPSA) is 17.8 Å². The average Bonchev–Trinajstić information content (AvgIpc) is 3.05. The zero-order valence-corrected chi connectivity index (χ0v) is 15.3. The molecular formula is C22H18FN2P. The van der Waals surface area contributed by atoms with Crippen LogP contribution in [0.4, 0.5) is 4.39 Å². The highest BCUT2D eigenvalue weighted by Crippen LogP contribution is 2.33. The number of rotatable bonds is 4. The van der Waals surface area contributed by atoms with Crippen LogP contribution in [0.5, 0.6) is 0 Å². The van der Waals surface area contributed by atoms with Gasteiger partial charge in [-0.2, -0.15) is 0 Å². The van der Waals surface area contributed by atoms with Crippen molar-refractivity contribution in [3.05, 3.63) is 103 Å². The number of para-hydroxylation sites is 1. The molecule has 128 valence electrons. The fraction of sp³-hybridized carbons (Fsp3) is 0.0455.